The Morgan fingerprint density at radius 1 is 0.373 bits per heavy atom. The van der Waals surface area contributed by atoms with Gasteiger partial charge < -0.3 is 18.6 Å². The summed E-state index contributed by atoms with van der Waals surface area (Å²) in [5.74, 6) is 1.73. The maximum Gasteiger partial charge on any atom is 0.135 e. The molecule has 11 aromatic carbocycles. The van der Waals surface area contributed by atoms with Gasteiger partial charge in [-0.25, -0.2) is 0 Å². The summed E-state index contributed by atoms with van der Waals surface area (Å²) >= 11 is 0. The second-order valence-electron chi connectivity index (χ2n) is 17.9. The fourth-order valence-corrected chi connectivity index (χ4v) is 11.9. The number of hydrogen-bond donors (Lipinski definition) is 0. The summed E-state index contributed by atoms with van der Waals surface area (Å²) in [6.07, 6.45) is 0. The number of aromatic nitrogens is 1. The second kappa shape index (κ2) is 13.6. The van der Waals surface area contributed by atoms with E-state index in [-0.39, 0.29) is 0 Å². The highest BCUT2D eigenvalue weighted by Crippen LogP contribution is 2.62. The molecule has 1 aliphatic carbocycles. The van der Waals surface area contributed by atoms with Gasteiger partial charge in [0.15, 0.2) is 0 Å². The molecule has 0 N–H and O–H groups in total. The van der Waals surface area contributed by atoms with Crippen molar-refractivity contribution in [3.63, 3.8) is 0 Å². The molecule has 13 aromatic rings. The van der Waals surface area contributed by atoms with E-state index in [0.717, 1.165) is 78.3 Å². The molecule has 0 bridgehead atoms. The van der Waals surface area contributed by atoms with Gasteiger partial charge in [0.2, 0.25) is 0 Å². The van der Waals surface area contributed by atoms with Gasteiger partial charge in [-0.3, -0.25) is 0 Å². The Kier molecular flexibility index (Phi) is 7.40. The van der Waals surface area contributed by atoms with Gasteiger partial charge >= 0.3 is 0 Å². The van der Waals surface area contributed by atoms with Crippen LogP contribution in [0.15, 0.2) is 235 Å². The minimum atomic E-state index is -0.673. The highest BCUT2D eigenvalue weighted by atomic mass is 16.5. The topological polar surface area (TPSA) is 30.5 Å². The van der Waals surface area contributed by atoms with Crippen molar-refractivity contribution in [2.24, 2.45) is 0 Å². The molecule has 0 radical (unpaired) electrons. The van der Waals surface area contributed by atoms with Gasteiger partial charge in [0.1, 0.15) is 22.7 Å². The van der Waals surface area contributed by atoms with E-state index in [2.05, 4.69) is 228 Å². The second-order valence-corrected chi connectivity index (χ2v) is 17.9. The molecule has 67 heavy (non-hydrogen) atoms. The largest absolute Gasteiger partial charge is 0.457 e. The Morgan fingerprint density at radius 3 is 1.96 bits per heavy atom. The molecule has 0 amide bonds. The Hall–Kier alpha value is -8.86. The third-order valence-electron chi connectivity index (χ3n) is 14.6. The van der Waals surface area contributed by atoms with Crippen molar-refractivity contribution in [2.75, 3.05) is 4.90 Å². The fourth-order valence-electron chi connectivity index (χ4n) is 11.9. The fraction of sp³-hybridized carbons (Fsp3) is 0.0159. The third-order valence-corrected chi connectivity index (χ3v) is 14.6. The molecule has 1 spiro atoms. The average Bonchev–Trinajstić information content (AvgIpc) is 3.93. The van der Waals surface area contributed by atoms with E-state index in [1.165, 1.54) is 54.6 Å². The highest BCUT2D eigenvalue weighted by molar-refractivity contribution is 6.13. The zero-order valence-corrected chi connectivity index (χ0v) is 36.2. The first-order valence-electron chi connectivity index (χ1n) is 23.0. The molecular weight excluding hydrogens is 817 g/mol. The van der Waals surface area contributed by atoms with Gasteiger partial charge in [-0.05, 0) is 117 Å². The van der Waals surface area contributed by atoms with Crippen LogP contribution in [0.5, 0.6) is 11.5 Å². The summed E-state index contributed by atoms with van der Waals surface area (Å²) < 4.78 is 15.7. The Morgan fingerprint density at radius 2 is 1.01 bits per heavy atom. The van der Waals surface area contributed by atoms with Gasteiger partial charge in [-0.2, -0.15) is 0 Å². The number of anilines is 3. The molecule has 0 fully saturated rings. The molecule has 0 saturated carbocycles. The first-order chi connectivity index (χ1) is 33.2. The number of fused-ring (bicyclic) bond motifs is 15. The number of para-hydroxylation sites is 3. The molecule has 0 saturated heterocycles. The molecule has 1 atom stereocenters. The van der Waals surface area contributed by atoms with Crippen LogP contribution >= 0.6 is 0 Å². The number of furan rings is 1. The smallest absolute Gasteiger partial charge is 0.135 e. The van der Waals surface area contributed by atoms with Gasteiger partial charge in [0, 0.05) is 55.1 Å². The summed E-state index contributed by atoms with van der Waals surface area (Å²) in [7, 11) is 0. The molecule has 4 heteroatoms. The van der Waals surface area contributed by atoms with Crippen molar-refractivity contribution in [2.45, 2.75) is 5.41 Å². The lowest BCUT2D eigenvalue weighted by Gasteiger charge is -2.45. The van der Waals surface area contributed by atoms with Gasteiger partial charge in [-0.15, -0.1) is 0 Å². The molecule has 1 aliphatic heterocycles. The molecule has 312 valence electrons. The van der Waals surface area contributed by atoms with E-state index in [1.807, 2.05) is 12.1 Å². The molecule has 1 unspecified atom stereocenters. The summed E-state index contributed by atoms with van der Waals surface area (Å²) in [6.45, 7) is 0. The molecule has 2 aliphatic rings. The lowest BCUT2D eigenvalue weighted by Crippen LogP contribution is -2.36. The summed E-state index contributed by atoms with van der Waals surface area (Å²) in [5.41, 5.74) is 15.0. The van der Waals surface area contributed by atoms with E-state index < -0.39 is 5.41 Å². The minimum Gasteiger partial charge on any atom is -0.457 e. The van der Waals surface area contributed by atoms with Crippen molar-refractivity contribution in [3.05, 3.63) is 253 Å². The van der Waals surface area contributed by atoms with Crippen LogP contribution in [0.2, 0.25) is 0 Å². The van der Waals surface area contributed by atoms with Crippen LogP contribution in [0.3, 0.4) is 0 Å². The maximum atomic E-state index is 6.99. The van der Waals surface area contributed by atoms with E-state index in [4.69, 9.17) is 9.15 Å². The predicted molar refractivity (Wildman–Crippen MR) is 275 cm³/mol. The standard InChI is InChI=1S/C63H38N2O2/c1-2-18-44-39(14-1)15-13-27-55(44)64(41-30-33-57-49(36-41)46-20-4-8-26-56(46)65(57)42-31-34-59-50(37-42)47-21-5-9-28-58(47)66-59)43-32-35-61-54(38-43)63(52-24-7-10-29-60(52)67-61)51-23-6-3-19-45(51)48-22-11-16-40-17-12-25-53(63)62(40)48/h1-38H. The SMILES string of the molecule is c1ccc2c(c1)Oc1ccc(N(c3ccc4c(c3)c3ccccc3n4-c3ccc4oc5ccccc5c4c3)c3cccc4ccccc34)cc1C21c2ccccc2-c2cccc3cccc1c23. The number of rotatable bonds is 4. The summed E-state index contributed by atoms with van der Waals surface area (Å²) in [5, 5.41) is 9.45. The lowest BCUT2D eigenvalue weighted by molar-refractivity contribution is 0.435. The van der Waals surface area contributed by atoms with Crippen LogP contribution in [-0.4, -0.2) is 4.57 Å². The quantitative estimate of drug-likeness (QED) is 0.177. The number of nitrogens with zero attached hydrogens (tertiary/aromatic N) is 2. The summed E-state index contributed by atoms with van der Waals surface area (Å²) in [6, 6.07) is 84.0. The van der Waals surface area contributed by atoms with Crippen LogP contribution < -0.4 is 9.64 Å². The van der Waals surface area contributed by atoms with Crippen LogP contribution in [0.4, 0.5) is 17.1 Å². The molecule has 15 rings (SSSR count). The van der Waals surface area contributed by atoms with E-state index in [1.54, 1.807) is 0 Å². The van der Waals surface area contributed by atoms with Crippen molar-refractivity contribution >= 4 is 82.4 Å². The first-order valence-corrected chi connectivity index (χ1v) is 23.0. The normalized spacial score (nSPS) is 14.7. The zero-order chi connectivity index (χ0) is 43.8. The third kappa shape index (κ3) is 4.96. The predicted octanol–water partition coefficient (Wildman–Crippen LogP) is 16.9. The van der Waals surface area contributed by atoms with Crippen molar-refractivity contribution in [1.29, 1.82) is 0 Å². The van der Waals surface area contributed by atoms with Crippen LogP contribution in [-0.2, 0) is 5.41 Å². The van der Waals surface area contributed by atoms with E-state index in [9.17, 15) is 0 Å². The van der Waals surface area contributed by atoms with Crippen molar-refractivity contribution < 1.29 is 9.15 Å². The van der Waals surface area contributed by atoms with Gasteiger partial charge in [0.05, 0.1) is 22.1 Å². The molecular formula is C63H38N2O2. The van der Waals surface area contributed by atoms with Gasteiger partial charge in [0.25, 0.3) is 0 Å². The van der Waals surface area contributed by atoms with Crippen molar-refractivity contribution in [1.82, 2.24) is 4.57 Å². The average molecular weight is 855 g/mol. The Balaban J connectivity index is 1.00. The van der Waals surface area contributed by atoms with Crippen LogP contribution in [0, 0.1) is 0 Å². The van der Waals surface area contributed by atoms with Crippen molar-refractivity contribution in [3.8, 4) is 28.3 Å². The lowest BCUT2D eigenvalue weighted by atomic mass is 9.58. The van der Waals surface area contributed by atoms with Gasteiger partial charge in [-0.1, -0.05) is 152 Å². The Bertz CT molecular complexity index is 4220. The monoisotopic (exact) mass is 854 g/mol. The number of ether oxygens (including phenoxy) is 1. The van der Waals surface area contributed by atoms with E-state index >= 15 is 0 Å². The number of benzene rings is 11. The molecule has 2 aromatic heterocycles. The van der Waals surface area contributed by atoms with Crippen LogP contribution in [0.1, 0.15) is 22.3 Å². The number of hydrogen-bond acceptors (Lipinski definition) is 3. The zero-order valence-electron chi connectivity index (χ0n) is 36.2. The van der Waals surface area contributed by atoms with Crippen LogP contribution in [0.25, 0.3) is 82.1 Å². The minimum absolute atomic E-state index is 0.673. The Labute approximate surface area is 385 Å². The molecule has 4 nitrogen and oxygen atoms in total. The highest BCUT2D eigenvalue weighted by Gasteiger charge is 2.49. The maximum absolute atomic E-state index is 6.99. The molecule has 3 heterocycles. The summed E-state index contributed by atoms with van der Waals surface area (Å²) in [4.78, 5) is 2.45. The van der Waals surface area contributed by atoms with E-state index in [0.29, 0.717) is 0 Å². The first kappa shape index (κ1) is 36.5.